The molecule has 6 rings (SSSR count). The van der Waals surface area contributed by atoms with E-state index in [0.29, 0.717) is 45.1 Å². The van der Waals surface area contributed by atoms with E-state index in [4.69, 9.17) is 25.8 Å². The van der Waals surface area contributed by atoms with Gasteiger partial charge in [0.2, 0.25) is 23.7 Å². The van der Waals surface area contributed by atoms with Crippen molar-refractivity contribution in [2.24, 2.45) is 5.41 Å². The van der Waals surface area contributed by atoms with Gasteiger partial charge in [-0.3, -0.25) is 14.4 Å². The highest BCUT2D eigenvalue weighted by atomic mass is 35.5. The Hall–Kier alpha value is -6.76. The van der Waals surface area contributed by atoms with Crippen LogP contribution in [0.2, 0.25) is 5.02 Å². The number of amides is 3. The summed E-state index contributed by atoms with van der Waals surface area (Å²) in [7, 11) is 2.95. The van der Waals surface area contributed by atoms with Crippen molar-refractivity contribution in [1.82, 2.24) is 35.6 Å². The Labute approximate surface area is 347 Å². The van der Waals surface area contributed by atoms with Crippen molar-refractivity contribution in [3.8, 4) is 29.2 Å². The maximum absolute atomic E-state index is 13.0. The van der Waals surface area contributed by atoms with Crippen molar-refractivity contribution in [3.05, 3.63) is 95.0 Å². The van der Waals surface area contributed by atoms with Crippen LogP contribution in [0.5, 0.6) is 17.8 Å². The quantitative estimate of drug-likeness (QED) is 0.0694. The molecular weight excluding hydrogens is 809 g/mol. The molecule has 1 saturated carbocycles. The van der Waals surface area contributed by atoms with E-state index < -0.39 is 47.5 Å². The first-order valence-electron chi connectivity index (χ1n) is 18.3. The number of ether oxygens (including phenoxy) is 3. The van der Waals surface area contributed by atoms with Gasteiger partial charge in [0.25, 0.3) is 5.91 Å². The second-order valence-corrected chi connectivity index (χ2v) is 14.9. The molecule has 60 heavy (non-hydrogen) atoms. The fraction of sp³-hybridized carbons (Fsp3) is 0.300. The summed E-state index contributed by atoms with van der Waals surface area (Å²) in [5.41, 5.74) is 1.44. The number of halogens is 4. The van der Waals surface area contributed by atoms with Gasteiger partial charge in [-0.15, -0.1) is 0 Å². The van der Waals surface area contributed by atoms with Gasteiger partial charge in [-0.2, -0.15) is 38.1 Å². The Kier molecular flexibility index (Phi) is 12.9. The number of nitrogens with one attached hydrogen (secondary N) is 5. The lowest BCUT2D eigenvalue weighted by Crippen LogP contribution is -2.44. The Balaban J connectivity index is 1.00. The number of anilines is 4. The summed E-state index contributed by atoms with van der Waals surface area (Å²) in [4.78, 5) is 59.4. The number of aromatic nitrogens is 5. The molecule has 0 saturated heterocycles. The molecule has 0 radical (unpaired) electrons. The summed E-state index contributed by atoms with van der Waals surface area (Å²) >= 11 is 6.04. The van der Waals surface area contributed by atoms with Crippen molar-refractivity contribution in [2.45, 2.75) is 38.4 Å². The molecule has 5 N–H and O–H groups in total. The smallest absolute Gasteiger partial charge is 0.422 e. The molecule has 1 aliphatic rings. The normalized spacial score (nSPS) is 13.1. The minimum atomic E-state index is -4.62. The van der Waals surface area contributed by atoms with E-state index in [1.807, 2.05) is 12.1 Å². The number of methoxy groups -OCH3 is 2. The summed E-state index contributed by atoms with van der Waals surface area (Å²) in [6, 6.07) is 20.9. The van der Waals surface area contributed by atoms with Crippen molar-refractivity contribution >= 4 is 52.6 Å². The van der Waals surface area contributed by atoms with Crippen LogP contribution in [0.1, 0.15) is 42.6 Å². The molecule has 314 valence electrons. The lowest BCUT2D eigenvalue weighted by atomic mass is 9.93. The molecule has 16 nitrogen and oxygen atoms in total. The molecule has 1 aliphatic carbocycles. The second kappa shape index (κ2) is 18.0. The number of benzene rings is 3. The van der Waals surface area contributed by atoms with Crippen LogP contribution in [0, 0.1) is 5.41 Å². The van der Waals surface area contributed by atoms with Gasteiger partial charge in [-0.25, -0.2) is 0 Å². The Morgan fingerprint density at radius 2 is 1.35 bits per heavy atom. The van der Waals surface area contributed by atoms with Gasteiger partial charge in [0.05, 0.1) is 25.8 Å². The van der Waals surface area contributed by atoms with Gasteiger partial charge in [0.15, 0.2) is 12.4 Å². The van der Waals surface area contributed by atoms with Crippen molar-refractivity contribution in [3.63, 3.8) is 0 Å². The minimum Gasteiger partial charge on any atom is -0.481 e. The second-order valence-electron chi connectivity index (χ2n) is 14.4. The summed E-state index contributed by atoms with van der Waals surface area (Å²) in [5.74, 6) is -1.27. The van der Waals surface area contributed by atoms with Gasteiger partial charge in [0, 0.05) is 40.6 Å². The van der Waals surface area contributed by atoms with Gasteiger partial charge in [-0.05, 0) is 84.5 Å². The highest BCUT2D eigenvalue weighted by molar-refractivity contribution is 6.39. The highest BCUT2D eigenvalue weighted by Gasteiger charge is 2.45. The molecule has 2 aromatic heterocycles. The SMILES string of the molecule is COc1cc(OC)nc(-c2ccc(NC(=O)C(=O)NCC(C)(C)CNC(=O)c3ccc(Nc4nc(NC5(c6ccc(Cl)cc6)CC5)nc(OCC(F)(F)F)n4)cc3)cc2)n1. The van der Waals surface area contributed by atoms with Crippen LogP contribution in [0.4, 0.5) is 36.4 Å². The Bertz CT molecular complexity index is 2310. The van der Waals surface area contributed by atoms with E-state index in [9.17, 15) is 27.6 Å². The van der Waals surface area contributed by atoms with E-state index in [1.165, 1.54) is 32.4 Å². The third-order valence-corrected chi connectivity index (χ3v) is 9.29. The fourth-order valence-corrected chi connectivity index (χ4v) is 5.75. The molecule has 1 fully saturated rings. The largest absolute Gasteiger partial charge is 0.481 e. The number of hydrogen-bond donors (Lipinski definition) is 5. The minimum absolute atomic E-state index is 0.00106. The highest BCUT2D eigenvalue weighted by Crippen LogP contribution is 2.48. The molecule has 0 bridgehead atoms. The van der Waals surface area contributed by atoms with Crippen LogP contribution in [0.3, 0.4) is 0 Å². The molecule has 20 heteroatoms. The molecule has 0 aliphatic heterocycles. The predicted molar refractivity (Wildman–Crippen MR) is 215 cm³/mol. The van der Waals surface area contributed by atoms with Crippen LogP contribution in [0.15, 0.2) is 78.9 Å². The summed E-state index contributed by atoms with van der Waals surface area (Å²) < 4.78 is 54.2. The average Bonchev–Trinajstić information content (AvgIpc) is 4.01. The number of hydrogen-bond acceptors (Lipinski definition) is 13. The van der Waals surface area contributed by atoms with Gasteiger partial charge < -0.3 is 40.8 Å². The molecule has 3 aromatic carbocycles. The number of nitrogens with zero attached hydrogens (tertiary/aromatic N) is 5. The molecule has 5 aromatic rings. The van der Waals surface area contributed by atoms with Crippen LogP contribution in [-0.2, 0) is 15.1 Å². The van der Waals surface area contributed by atoms with Crippen LogP contribution < -0.4 is 40.8 Å². The summed E-state index contributed by atoms with van der Waals surface area (Å²) in [6.07, 6.45) is -3.16. The topological polar surface area (TPSA) is 204 Å². The van der Waals surface area contributed by atoms with Crippen molar-refractivity contribution in [2.75, 3.05) is 49.9 Å². The number of rotatable bonds is 16. The van der Waals surface area contributed by atoms with Crippen molar-refractivity contribution < 1.29 is 41.8 Å². The predicted octanol–water partition coefficient (Wildman–Crippen LogP) is 6.30. The van der Waals surface area contributed by atoms with Crippen molar-refractivity contribution in [1.29, 1.82) is 0 Å². The summed E-state index contributed by atoms with van der Waals surface area (Å²) in [5, 5.41) is 14.7. The standard InChI is InChI=1S/C40H40ClF3N10O6/c1-38(2,21-46-33(56)34(57)47-27-13-5-23(6-14-27)31-49-29(58-3)19-30(50-31)59-4)20-45-32(55)24-7-15-28(16-8-24)48-35-51-36(53-37(52-35)60-22-40(42,43)44)54-39(17-18-39)25-9-11-26(41)12-10-25/h5-16,19H,17-18,20-22H2,1-4H3,(H,45,55)(H,46,56)(H,47,57)(H2,48,51,52,53,54). The molecule has 3 amide bonds. The van der Waals surface area contributed by atoms with E-state index >= 15 is 0 Å². The first-order chi connectivity index (χ1) is 28.5. The monoisotopic (exact) mass is 848 g/mol. The first-order valence-corrected chi connectivity index (χ1v) is 18.7. The molecule has 0 unspecified atom stereocenters. The Morgan fingerprint density at radius 3 is 1.95 bits per heavy atom. The van der Waals surface area contributed by atoms with Crippen LogP contribution >= 0.6 is 11.6 Å². The molecular formula is C40H40ClF3N10O6. The molecule has 0 spiro atoms. The van der Waals surface area contributed by atoms with E-state index in [2.05, 4.69) is 51.5 Å². The maximum Gasteiger partial charge on any atom is 0.422 e. The fourth-order valence-electron chi connectivity index (χ4n) is 5.62. The Morgan fingerprint density at radius 1 is 0.750 bits per heavy atom. The van der Waals surface area contributed by atoms with Crippen LogP contribution in [-0.4, -0.2) is 82.7 Å². The number of alkyl halides is 3. The molecule has 2 heterocycles. The lowest BCUT2D eigenvalue weighted by Gasteiger charge is -2.25. The van der Waals surface area contributed by atoms with Gasteiger partial charge in [0.1, 0.15) is 0 Å². The maximum atomic E-state index is 13.0. The van der Waals surface area contributed by atoms with E-state index in [0.717, 1.165) is 18.4 Å². The first kappa shape index (κ1) is 42.8. The zero-order valence-corrected chi connectivity index (χ0v) is 33.5. The average molecular weight is 849 g/mol. The van der Waals surface area contributed by atoms with Gasteiger partial charge >= 0.3 is 24.0 Å². The number of carbonyl (C=O) groups is 3. The lowest BCUT2D eigenvalue weighted by molar-refractivity contribution is -0.154. The van der Waals surface area contributed by atoms with Crippen LogP contribution in [0.25, 0.3) is 11.4 Å². The van der Waals surface area contributed by atoms with E-state index in [1.54, 1.807) is 62.4 Å². The number of carbonyl (C=O) groups excluding carboxylic acids is 3. The molecule has 0 atom stereocenters. The summed E-state index contributed by atoms with van der Waals surface area (Å²) in [6.45, 7) is 2.21. The zero-order valence-electron chi connectivity index (χ0n) is 32.7. The van der Waals surface area contributed by atoms with Gasteiger partial charge in [-0.1, -0.05) is 37.6 Å². The third-order valence-electron chi connectivity index (χ3n) is 9.04. The van der Waals surface area contributed by atoms with E-state index in [-0.39, 0.29) is 25.0 Å². The third kappa shape index (κ3) is 11.7. The zero-order chi connectivity index (χ0) is 43.1.